The van der Waals surface area contributed by atoms with Gasteiger partial charge in [-0.2, -0.15) is 0 Å². The van der Waals surface area contributed by atoms with Gasteiger partial charge in [0.2, 0.25) is 0 Å². The van der Waals surface area contributed by atoms with E-state index in [2.05, 4.69) is 70.6 Å². The van der Waals surface area contributed by atoms with Gasteiger partial charge in [0.05, 0.1) is 0 Å². The fourth-order valence-electron chi connectivity index (χ4n) is 3.72. The lowest BCUT2D eigenvalue weighted by molar-refractivity contribution is 0.425. The van der Waals surface area contributed by atoms with Crippen LogP contribution in [-0.4, -0.2) is 6.54 Å². The summed E-state index contributed by atoms with van der Waals surface area (Å²) < 4.78 is 1.18. The molecule has 0 amide bonds. The van der Waals surface area contributed by atoms with E-state index in [1.54, 1.807) is 0 Å². The quantitative estimate of drug-likeness (QED) is 0.776. The van der Waals surface area contributed by atoms with E-state index in [0.717, 1.165) is 13.0 Å². The third kappa shape index (κ3) is 1.56. The van der Waals surface area contributed by atoms with Crippen LogP contribution in [0.5, 0.6) is 0 Å². The van der Waals surface area contributed by atoms with Gasteiger partial charge in [0, 0.05) is 22.5 Å². The molecule has 0 radical (unpaired) electrons. The second-order valence-electron chi connectivity index (χ2n) is 5.86. The molecule has 0 unspecified atom stereocenters. The van der Waals surface area contributed by atoms with Gasteiger partial charge in [-0.3, -0.25) is 0 Å². The Morgan fingerprint density at radius 1 is 1.16 bits per heavy atom. The molecule has 0 fully saturated rings. The minimum Gasteiger partial charge on any atom is -0.308 e. The molecule has 0 saturated heterocycles. The molecule has 5 rings (SSSR count). The van der Waals surface area contributed by atoms with Crippen molar-refractivity contribution in [2.45, 2.75) is 24.8 Å². The molecule has 2 bridgehead atoms. The molecule has 2 aromatic rings. The van der Waals surface area contributed by atoms with Crippen molar-refractivity contribution in [2.75, 3.05) is 6.54 Å². The third-order valence-electron chi connectivity index (χ3n) is 4.72. The van der Waals surface area contributed by atoms with Gasteiger partial charge >= 0.3 is 0 Å². The first-order valence-electron chi connectivity index (χ1n) is 6.80. The Bertz CT molecular complexity index is 664. The molecule has 96 valence electrons. The minimum absolute atomic E-state index is 0.0860. The predicted octanol–water partition coefficient (Wildman–Crippen LogP) is 3.96. The monoisotopic (exact) mass is 313 g/mol. The number of hydrogen-bond donors (Lipinski definition) is 1. The maximum Gasteiger partial charge on any atom is 0.0364 e. The Kier molecular flexibility index (Phi) is 2.42. The molecule has 2 heterocycles. The van der Waals surface area contributed by atoms with Crippen LogP contribution >= 0.6 is 15.9 Å². The summed E-state index contributed by atoms with van der Waals surface area (Å²) in [5.41, 5.74) is 6.01. The first kappa shape index (κ1) is 11.7. The van der Waals surface area contributed by atoms with E-state index in [4.69, 9.17) is 0 Å². The topological polar surface area (TPSA) is 12.0 Å². The highest BCUT2D eigenvalue weighted by Crippen LogP contribution is 2.46. The molecule has 2 aromatic carbocycles. The molecule has 2 atom stereocenters. The Labute approximate surface area is 122 Å². The Morgan fingerprint density at radius 3 is 2.89 bits per heavy atom. The van der Waals surface area contributed by atoms with Gasteiger partial charge in [-0.25, -0.2) is 0 Å². The van der Waals surface area contributed by atoms with E-state index in [-0.39, 0.29) is 5.41 Å². The van der Waals surface area contributed by atoms with Gasteiger partial charge in [0.15, 0.2) is 0 Å². The average Bonchev–Trinajstić information content (AvgIpc) is 2.63. The Morgan fingerprint density at radius 2 is 2.00 bits per heavy atom. The summed E-state index contributed by atoms with van der Waals surface area (Å²) in [6.45, 7) is 3.39. The van der Waals surface area contributed by atoms with Crippen LogP contribution in [0, 0.1) is 0 Å². The van der Waals surface area contributed by atoms with Gasteiger partial charge in [-0.05, 0) is 40.8 Å². The van der Waals surface area contributed by atoms with Crippen LogP contribution < -0.4 is 5.32 Å². The molecule has 1 aliphatic carbocycles. The van der Waals surface area contributed by atoms with Crippen LogP contribution in [0.3, 0.4) is 0 Å². The molecule has 3 aliphatic rings. The van der Waals surface area contributed by atoms with Crippen LogP contribution in [0.15, 0.2) is 46.9 Å². The third-order valence-corrected chi connectivity index (χ3v) is 5.22. The highest BCUT2D eigenvalue weighted by atomic mass is 79.9. The molecule has 1 nitrogen and oxygen atoms in total. The molecule has 0 aromatic heterocycles. The predicted molar refractivity (Wildman–Crippen MR) is 81.5 cm³/mol. The lowest BCUT2D eigenvalue weighted by Gasteiger charge is -2.37. The van der Waals surface area contributed by atoms with Gasteiger partial charge in [0.25, 0.3) is 0 Å². The Balaban J connectivity index is 2.06. The number of hydrogen-bond acceptors (Lipinski definition) is 1. The largest absolute Gasteiger partial charge is 0.308 e. The second-order valence-corrected chi connectivity index (χ2v) is 6.77. The van der Waals surface area contributed by atoms with Crippen molar-refractivity contribution < 1.29 is 0 Å². The van der Waals surface area contributed by atoms with E-state index in [9.17, 15) is 0 Å². The number of benzene rings is 2. The van der Waals surface area contributed by atoms with Crippen LogP contribution in [-0.2, 0) is 11.8 Å². The number of halogens is 1. The molecule has 1 N–H and O–H groups in total. The molecule has 0 saturated carbocycles. The van der Waals surface area contributed by atoms with Gasteiger partial charge in [-0.15, -0.1) is 0 Å². The fourth-order valence-corrected chi connectivity index (χ4v) is 4.08. The average molecular weight is 314 g/mol. The van der Waals surface area contributed by atoms with Crippen molar-refractivity contribution in [3.63, 3.8) is 0 Å². The number of nitrogens with one attached hydrogen (secondary N) is 1. The smallest absolute Gasteiger partial charge is 0.0364 e. The standard InChI is InChI=1S/C17H16BrN/c1-17-10-19-16(13-4-2-3-5-14(13)17)8-11-6-7-12(18)9-15(11)17/h2-7,9,16,19H,8,10H2,1H3/t16-,17-/m0/s1. The van der Waals surface area contributed by atoms with Crippen LogP contribution in [0.4, 0.5) is 0 Å². The van der Waals surface area contributed by atoms with Crippen LogP contribution in [0.25, 0.3) is 0 Å². The first-order valence-corrected chi connectivity index (χ1v) is 7.59. The maximum absolute atomic E-state index is 3.73. The summed E-state index contributed by atoms with van der Waals surface area (Å²) in [7, 11) is 0. The number of fused-ring (bicyclic) bond motifs is 1. The number of rotatable bonds is 0. The zero-order valence-electron chi connectivity index (χ0n) is 10.9. The summed E-state index contributed by atoms with van der Waals surface area (Å²) in [6.07, 6.45) is 1.09. The molecule has 19 heavy (non-hydrogen) atoms. The van der Waals surface area contributed by atoms with Crippen molar-refractivity contribution >= 4 is 15.9 Å². The lowest BCUT2D eigenvalue weighted by Crippen LogP contribution is -2.42. The van der Waals surface area contributed by atoms with E-state index >= 15 is 0 Å². The second kappa shape index (κ2) is 3.94. The SMILES string of the molecule is C[C@@]12CN[C@@H](Cc3ccc(Br)cc31)c1ccccc12. The van der Waals surface area contributed by atoms with Crippen molar-refractivity contribution in [1.29, 1.82) is 0 Å². The Hall–Kier alpha value is -1.12. The summed E-state index contributed by atoms with van der Waals surface area (Å²) in [5, 5.41) is 3.73. The minimum atomic E-state index is 0.0860. The molecule has 2 aliphatic heterocycles. The van der Waals surface area contributed by atoms with Crippen molar-refractivity contribution in [2.24, 2.45) is 0 Å². The van der Waals surface area contributed by atoms with Crippen LogP contribution in [0.1, 0.15) is 35.2 Å². The van der Waals surface area contributed by atoms with Gasteiger partial charge in [0.1, 0.15) is 0 Å². The molecule has 0 spiro atoms. The highest BCUT2D eigenvalue weighted by molar-refractivity contribution is 9.10. The normalized spacial score (nSPS) is 27.6. The summed E-state index contributed by atoms with van der Waals surface area (Å²) in [6, 6.07) is 16.1. The summed E-state index contributed by atoms with van der Waals surface area (Å²) >= 11 is 3.63. The maximum atomic E-state index is 3.73. The zero-order valence-corrected chi connectivity index (χ0v) is 12.5. The van der Waals surface area contributed by atoms with E-state index in [0.29, 0.717) is 6.04 Å². The van der Waals surface area contributed by atoms with Crippen molar-refractivity contribution in [1.82, 2.24) is 5.32 Å². The van der Waals surface area contributed by atoms with Crippen LogP contribution in [0.2, 0.25) is 0 Å². The van der Waals surface area contributed by atoms with E-state index in [1.807, 2.05) is 0 Å². The van der Waals surface area contributed by atoms with E-state index < -0.39 is 0 Å². The first-order chi connectivity index (χ1) is 9.18. The fraction of sp³-hybridized carbons (Fsp3) is 0.294. The van der Waals surface area contributed by atoms with Crippen molar-refractivity contribution in [3.8, 4) is 0 Å². The highest BCUT2D eigenvalue weighted by Gasteiger charge is 2.41. The molecular formula is C17H16BrN. The van der Waals surface area contributed by atoms with Gasteiger partial charge in [-0.1, -0.05) is 53.2 Å². The molecular weight excluding hydrogens is 298 g/mol. The molecule has 2 heteroatoms. The van der Waals surface area contributed by atoms with Crippen molar-refractivity contribution in [3.05, 3.63) is 69.2 Å². The summed E-state index contributed by atoms with van der Waals surface area (Å²) in [4.78, 5) is 0. The zero-order chi connectivity index (χ0) is 13.0. The summed E-state index contributed by atoms with van der Waals surface area (Å²) in [5.74, 6) is 0. The van der Waals surface area contributed by atoms with Gasteiger partial charge < -0.3 is 5.32 Å². The van der Waals surface area contributed by atoms with E-state index in [1.165, 1.54) is 26.7 Å². The lowest BCUT2D eigenvalue weighted by atomic mass is 9.72.